The van der Waals surface area contributed by atoms with Crippen molar-refractivity contribution in [2.45, 2.75) is 51.5 Å². The van der Waals surface area contributed by atoms with E-state index in [9.17, 15) is 0 Å². The molecule has 1 heterocycles. The Morgan fingerprint density at radius 3 is 2.80 bits per heavy atom. The Morgan fingerprint density at radius 1 is 1.35 bits per heavy atom. The molecule has 2 nitrogen and oxygen atoms in total. The molecule has 1 aromatic heterocycles. The first-order valence-electron chi connectivity index (χ1n) is 7.60. The van der Waals surface area contributed by atoms with Crippen LogP contribution in [0.5, 0.6) is 0 Å². The van der Waals surface area contributed by atoms with Crippen molar-refractivity contribution in [2.24, 2.45) is 5.92 Å². The lowest BCUT2D eigenvalue weighted by Crippen LogP contribution is -2.21. The minimum absolute atomic E-state index is 0.495. The van der Waals surface area contributed by atoms with Crippen LogP contribution < -0.4 is 0 Å². The molecule has 1 unspecified atom stereocenters. The van der Waals surface area contributed by atoms with E-state index in [4.69, 9.17) is 23.8 Å². The molecule has 1 fully saturated rings. The molecular formula is C16H21ClN2S. The molecule has 1 aromatic carbocycles. The third kappa shape index (κ3) is 2.53. The number of aromatic nitrogens is 2. The summed E-state index contributed by atoms with van der Waals surface area (Å²) in [5, 5.41) is 0.777. The molecule has 4 heteroatoms. The number of aromatic amines is 1. The van der Waals surface area contributed by atoms with Gasteiger partial charge in [0.2, 0.25) is 0 Å². The fourth-order valence-corrected chi connectivity index (χ4v) is 4.18. The molecule has 0 saturated heterocycles. The van der Waals surface area contributed by atoms with E-state index in [0.29, 0.717) is 6.04 Å². The average Bonchev–Trinajstić information content (AvgIpc) is 2.77. The van der Waals surface area contributed by atoms with Crippen molar-refractivity contribution in [1.29, 1.82) is 0 Å². The van der Waals surface area contributed by atoms with Gasteiger partial charge in [0.05, 0.1) is 11.0 Å². The number of nitrogens with one attached hydrogen (secondary N) is 1. The van der Waals surface area contributed by atoms with E-state index in [2.05, 4.69) is 16.5 Å². The maximum atomic E-state index is 6.17. The van der Waals surface area contributed by atoms with Gasteiger partial charge in [0.15, 0.2) is 4.77 Å². The lowest BCUT2D eigenvalue weighted by molar-refractivity contribution is 0.245. The largest absolute Gasteiger partial charge is 0.331 e. The molecule has 0 bridgehead atoms. The number of rotatable bonds is 3. The van der Waals surface area contributed by atoms with Crippen molar-refractivity contribution in [1.82, 2.24) is 9.55 Å². The molecule has 0 radical (unpaired) electrons. The molecule has 1 N–H and O–H groups in total. The number of nitrogens with zero attached hydrogens (tertiary/aromatic N) is 1. The van der Waals surface area contributed by atoms with Crippen molar-refractivity contribution < 1.29 is 0 Å². The molecule has 3 rings (SSSR count). The van der Waals surface area contributed by atoms with E-state index in [1.54, 1.807) is 0 Å². The number of fused-ring (bicyclic) bond motifs is 1. The number of imidazole rings is 1. The predicted molar refractivity (Wildman–Crippen MR) is 88.0 cm³/mol. The Bertz CT molecular complexity index is 652. The van der Waals surface area contributed by atoms with Crippen molar-refractivity contribution in [3.63, 3.8) is 0 Å². The van der Waals surface area contributed by atoms with Crippen molar-refractivity contribution in [3.8, 4) is 0 Å². The molecule has 2 aromatic rings. The standard InChI is InChI=1S/C16H21ClN2S/c1-2-14(11-6-4-3-5-7-11)19-15-10-12(17)8-9-13(15)18-16(19)20/h8-11,14H,2-7H2,1H3,(H,18,20). The maximum absolute atomic E-state index is 6.17. The number of halogens is 1. The molecule has 0 amide bonds. The summed E-state index contributed by atoms with van der Waals surface area (Å²) in [5.41, 5.74) is 2.24. The monoisotopic (exact) mass is 308 g/mol. The third-order valence-corrected chi connectivity index (χ3v) is 5.16. The molecule has 1 atom stereocenters. The minimum Gasteiger partial charge on any atom is -0.331 e. The van der Waals surface area contributed by atoms with E-state index in [-0.39, 0.29) is 0 Å². The number of hydrogen-bond donors (Lipinski definition) is 1. The van der Waals surface area contributed by atoms with Gasteiger partial charge in [0.1, 0.15) is 0 Å². The quantitative estimate of drug-likeness (QED) is 0.702. The van der Waals surface area contributed by atoms with Crippen LogP contribution in [0, 0.1) is 10.7 Å². The van der Waals surface area contributed by atoms with Crippen LogP contribution in [0.3, 0.4) is 0 Å². The first-order chi connectivity index (χ1) is 9.70. The van der Waals surface area contributed by atoms with Crippen molar-refractivity contribution in [2.75, 3.05) is 0 Å². The summed E-state index contributed by atoms with van der Waals surface area (Å²) < 4.78 is 3.15. The summed E-state index contributed by atoms with van der Waals surface area (Å²) in [4.78, 5) is 3.33. The second-order valence-corrected chi connectivity index (χ2v) is 6.66. The molecule has 1 aliphatic carbocycles. The molecular weight excluding hydrogens is 288 g/mol. The van der Waals surface area contributed by atoms with Gasteiger partial charge in [-0.15, -0.1) is 0 Å². The van der Waals surface area contributed by atoms with E-state index in [1.807, 2.05) is 18.2 Å². The van der Waals surface area contributed by atoms with Gasteiger partial charge in [-0.1, -0.05) is 37.8 Å². The van der Waals surface area contributed by atoms with Crippen LogP contribution in [0.4, 0.5) is 0 Å². The van der Waals surface area contributed by atoms with Crippen LogP contribution in [0.2, 0.25) is 5.02 Å². The van der Waals surface area contributed by atoms with Gasteiger partial charge in [0.25, 0.3) is 0 Å². The Balaban J connectivity index is 2.08. The Kier molecular flexibility index (Phi) is 4.18. The Morgan fingerprint density at radius 2 is 2.10 bits per heavy atom. The zero-order valence-corrected chi connectivity index (χ0v) is 13.4. The van der Waals surface area contributed by atoms with E-state index >= 15 is 0 Å². The van der Waals surface area contributed by atoms with Gasteiger partial charge in [-0.2, -0.15) is 0 Å². The van der Waals surface area contributed by atoms with Crippen LogP contribution >= 0.6 is 23.8 Å². The predicted octanol–water partition coefficient (Wildman–Crippen LogP) is 5.88. The van der Waals surface area contributed by atoms with E-state index in [1.165, 1.54) is 32.1 Å². The Labute approximate surface area is 130 Å². The average molecular weight is 309 g/mol. The molecule has 0 spiro atoms. The van der Waals surface area contributed by atoms with Crippen molar-refractivity contribution in [3.05, 3.63) is 28.0 Å². The van der Waals surface area contributed by atoms with Gasteiger partial charge >= 0.3 is 0 Å². The molecule has 20 heavy (non-hydrogen) atoms. The summed E-state index contributed by atoms with van der Waals surface area (Å²) in [7, 11) is 0. The SMILES string of the molecule is CCC(C1CCCCC1)n1c(=S)[nH]c2ccc(Cl)cc21. The highest BCUT2D eigenvalue weighted by molar-refractivity contribution is 7.71. The second-order valence-electron chi connectivity index (χ2n) is 5.84. The van der Waals surface area contributed by atoms with Gasteiger partial charge in [-0.25, -0.2) is 0 Å². The molecule has 1 saturated carbocycles. The van der Waals surface area contributed by atoms with Crippen LogP contribution in [0.15, 0.2) is 18.2 Å². The van der Waals surface area contributed by atoms with Gasteiger partial charge in [0, 0.05) is 11.1 Å². The summed E-state index contributed by atoms with van der Waals surface area (Å²) in [6.07, 6.45) is 7.88. The highest BCUT2D eigenvalue weighted by Gasteiger charge is 2.25. The first-order valence-corrected chi connectivity index (χ1v) is 8.39. The van der Waals surface area contributed by atoms with Crippen LogP contribution in [-0.4, -0.2) is 9.55 Å². The summed E-state index contributed by atoms with van der Waals surface area (Å²) in [5.74, 6) is 0.749. The van der Waals surface area contributed by atoms with Gasteiger partial charge in [-0.3, -0.25) is 0 Å². The van der Waals surface area contributed by atoms with Gasteiger partial charge in [-0.05, 0) is 55.6 Å². The lowest BCUT2D eigenvalue weighted by atomic mass is 9.83. The fraction of sp³-hybridized carbons (Fsp3) is 0.562. The minimum atomic E-state index is 0.495. The summed E-state index contributed by atoms with van der Waals surface area (Å²) in [6, 6.07) is 6.47. The van der Waals surface area contributed by atoms with Crippen molar-refractivity contribution >= 4 is 34.9 Å². The zero-order chi connectivity index (χ0) is 14.1. The summed E-state index contributed by atoms with van der Waals surface area (Å²) in [6.45, 7) is 2.27. The Hall–Kier alpha value is -0.800. The van der Waals surface area contributed by atoms with Crippen LogP contribution in [-0.2, 0) is 0 Å². The van der Waals surface area contributed by atoms with Crippen LogP contribution in [0.25, 0.3) is 11.0 Å². The van der Waals surface area contributed by atoms with E-state index in [0.717, 1.165) is 33.2 Å². The van der Waals surface area contributed by atoms with E-state index < -0.39 is 0 Å². The fourth-order valence-electron chi connectivity index (χ4n) is 3.67. The third-order valence-electron chi connectivity index (χ3n) is 4.62. The topological polar surface area (TPSA) is 20.7 Å². The smallest absolute Gasteiger partial charge is 0.178 e. The zero-order valence-electron chi connectivity index (χ0n) is 11.9. The molecule has 0 aliphatic heterocycles. The van der Waals surface area contributed by atoms with Crippen LogP contribution in [0.1, 0.15) is 51.5 Å². The summed E-state index contributed by atoms with van der Waals surface area (Å²) >= 11 is 11.7. The first kappa shape index (κ1) is 14.2. The number of hydrogen-bond acceptors (Lipinski definition) is 1. The lowest BCUT2D eigenvalue weighted by Gasteiger charge is -2.31. The number of H-pyrrole nitrogens is 1. The maximum Gasteiger partial charge on any atom is 0.178 e. The molecule has 1 aliphatic rings. The molecule has 108 valence electrons. The normalized spacial score (nSPS) is 18.5. The second kappa shape index (κ2) is 5.90. The number of benzene rings is 1. The highest BCUT2D eigenvalue weighted by Crippen LogP contribution is 2.37. The van der Waals surface area contributed by atoms with Gasteiger partial charge < -0.3 is 9.55 Å². The highest BCUT2D eigenvalue weighted by atomic mass is 35.5.